The highest BCUT2D eigenvalue weighted by Crippen LogP contribution is 2.38. The van der Waals surface area contributed by atoms with E-state index in [1.54, 1.807) is 51.3 Å². The van der Waals surface area contributed by atoms with Gasteiger partial charge in [-0.25, -0.2) is 9.79 Å². The summed E-state index contributed by atoms with van der Waals surface area (Å²) in [5.74, 6) is 1.71. The van der Waals surface area contributed by atoms with E-state index in [0.717, 1.165) is 10.0 Å². The van der Waals surface area contributed by atoms with Crippen LogP contribution in [0.1, 0.15) is 31.0 Å². The molecule has 0 saturated carbocycles. The highest BCUT2D eigenvalue weighted by molar-refractivity contribution is 9.10. The van der Waals surface area contributed by atoms with E-state index in [1.807, 2.05) is 6.07 Å². The minimum atomic E-state index is -0.766. The fourth-order valence-corrected chi connectivity index (χ4v) is 5.79. The van der Waals surface area contributed by atoms with Crippen molar-refractivity contribution in [2.75, 3.05) is 27.6 Å². The van der Waals surface area contributed by atoms with Gasteiger partial charge in [0.25, 0.3) is 5.56 Å². The summed E-state index contributed by atoms with van der Waals surface area (Å²) in [7, 11) is 3.08. The first-order valence-electron chi connectivity index (χ1n) is 11.4. The summed E-state index contributed by atoms with van der Waals surface area (Å²) in [5, 5.41) is 0. The predicted octanol–water partition coefficient (Wildman–Crippen LogP) is 3.31. The van der Waals surface area contributed by atoms with Crippen LogP contribution in [0.15, 0.2) is 55.9 Å². The number of esters is 1. The van der Waals surface area contributed by atoms with Gasteiger partial charge in [-0.05, 0) is 55.3 Å². The second kappa shape index (κ2) is 10.1. The highest BCUT2D eigenvalue weighted by atomic mass is 79.9. The number of benzene rings is 2. The van der Waals surface area contributed by atoms with Gasteiger partial charge < -0.3 is 23.7 Å². The number of carbonyl (C=O) groups is 1. The van der Waals surface area contributed by atoms with Crippen molar-refractivity contribution >= 4 is 39.3 Å². The molecule has 0 N–H and O–H groups in total. The third-order valence-electron chi connectivity index (χ3n) is 6.02. The molecule has 37 heavy (non-hydrogen) atoms. The number of nitrogens with zero attached hydrogens (tertiary/aromatic N) is 2. The Bertz CT molecular complexity index is 1620. The first kappa shape index (κ1) is 25.1. The first-order chi connectivity index (χ1) is 17.9. The minimum absolute atomic E-state index is 0.147. The molecule has 1 aromatic heterocycles. The Hall–Kier alpha value is -3.57. The lowest BCUT2D eigenvalue weighted by Crippen LogP contribution is -2.40. The van der Waals surface area contributed by atoms with Crippen LogP contribution in [0.4, 0.5) is 0 Å². The van der Waals surface area contributed by atoms with Crippen molar-refractivity contribution in [3.63, 3.8) is 0 Å². The van der Waals surface area contributed by atoms with Gasteiger partial charge in [0.2, 0.25) is 6.79 Å². The summed E-state index contributed by atoms with van der Waals surface area (Å²) in [6.45, 7) is 3.81. The molecule has 3 heterocycles. The lowest BCUT2D eigenvalue weighted by atomic mass is 9.95. The number of fused-ring (bicyclic) bond motifs is 2. The number of allylic oxidation sites excluding steroid dienone is 1. The smallest absolute Gasteiger partial charge is 0.338 e. The Morgan fingerprint density at radius 2 is 1.92 bits per heavy atom. The molecule has 9 nitrogen and oxygen atoms in total. The number of halogens is 1. The van der Waals surface area contributed by atoms with Crippen LogP contribution < -0.4 is 33.8 Å². The third-order valence-corrected chi connectivity index (χ3v) is 7.69. The largest absolute Gasteiger partial charge is 0.493 e. The van der Waals surface area contributed by atoms with Crippen molar-refractivity contribution in [2.24, 2.45) is 4.99 Å². The van der Waals surface area contributed by atoms with Crippen molar-refractivity contribution in [2.45, 2.75) is 19.9 Å². The maximum absolute atomic E-state index is 13.8. The van der Waals surface area contributed by atoms with Gasteiger partial charge in [-0.15, -0.1) is 0 Å². The van der Waals surface area contributed by atoms with Gasteiger partial charge in [-0.2, -0.15) is 0 Å². The molecule has 5 rings (SSSR count). The quantitative estimate of drug-likeness (QED) is 0.409. The van der Waals surface area contributed by atoms with Gasteiger partial charge in [0, 0.05) is 4.47 Å². The zero-order chi connectivity index (χ0) is 26.3. The number of ether oxygens (including phenoxy) is 5. The molecule has 2 aliphatic heterocycles. The van der Waals surface area contributed by atoms with Gasteiger partial charge in [0.1, 0.15) is 0 Å². The first-order valence-corrected chi connectivity index (χ1v) is 13.0. The summed E-state index contributed by atoms with van der Waals surface area (Å²) < 4.78 is 29.9. The molecule has 0 unspecified atom stereocenters. The second-order valence-electron chi connectivity index (χ2n) is 8.14. The van der Waals surface area contributed by atoms with E-state index in [2.05, 4.69) is 20.9 Å². The van der Waals surface area contributed by atoms with Crippen molar-refractivity contribution in [3.8, 4) is 23.0 Å². The van der Waals surface area contributed by atoms with E-state index < -0.39 is 12.0 Å². The van der Waals surface area contributed by atoms with Gasteiger partial charge in [0.15, 0.2) is 27.8 Å². The second-order valence-corrected chi connectivity index (χ2v) is 10.0. The number of carbonyl (C=O) groups excluding carboxylic acids is 1. The zero-order valence-electron chi connectivity index (χ0n) is 20.5. The Balaban J connectivity index is 1.72. The van der Waals surface area contributed by atoms with Crippen LogP contribution in [0.25, 0.3) is 6.08 Å². The maximum atomic E-state index is 13.8. The normalized spacial score (nSPS) is 16.4. The van der Waals surface area contributed by atoms with Crippen LogP contribution in [0, 0.1) is 0 Å². The monoisotopic (exact) mass is 586 g/mol. The molecule has 2 aliphatic rings. The zero-order valence-corrected chi connectivity index (χ0v) is 22.9. The number of hydrogen-bond donors (Lipinski definition) is 0. The molecule has 0 fully saturated rings. The Labute approximate surface area is 224 Å². The van der Waals surface area contributed by atoms with Gasteiger partial charge in [-0.1, -0.05) is 33.3 Å². The average molecular weight is 587 g/mol. The number of thiazole rings is 1. The van der Waals surface area contributed by atoms with E-state index in [-0.39, 0.29) is 24.5 Å². The van der Waals surface area contributed by atoms with Gasteiger partial charge in [0.05, 0.1) is 42.7 Å². The maximum Gasteiger partial charge on any atom is 0.338 e. The van der Waals surface area contributed by atoms with Crippen LogP contribution in [0.5, 0.6) is 23.0 Å². The van der Waals surface area contributed by atoms with E-state index >= 15 is 0 Å². The number of hydrogen-bond acceptors (Lipinski definition) is 9. The van der Waals surface area contributed by atoms with Crippen LogP contribution in [-0.2, 0) is 9.53 Å². The molecule has 0 radical (unpaired) electrons. The Morgan fingerprint density at radius 1 is 1.19 bits per heavy atom. The van der Waals surface area contributed by atoms with Gasteiger partial charge >= 0.3 is 5.97 Å². The fourth-order valence-electron chi connectivity index (χ4n) is 4.31. The van der Waals surface area contributed by atoms with E-state index in [0.29, 0.717) is 43.6 Å². The summed E-state index contributed by atoms with van der Waals surface area (Å²) in [6, 6.07) is 8.15. The molecule has 2 aromatic carbocycles. The summed E-state index contributed by atoms with van der Waals surface area (Å²) >= 11 is 4.79. The van der Waals surface area contributed by atoms with Crippen LogP contribution in [-0.4, -0.2) is 38.2 Å². The number of rotatable bonds is 6. The molecule has 192 valence electrons. The highest BCUT2D eigenvalue weighted by Gasteiger charge is 2.34. The molecule has 3 aromatic rings. The van der Waals surface area contributed by atoms with Crippen LogP contribution >= 0.6 is 27.3 Å². The Kier molecular flexibility index (Phi) is 6.82. The number of aromatic nitrogens is 1. The summed E-state index contributed by atoms with van der Waals surface area (Å²) in [4.78, 5) is 32.0. The lowest BCUT2D eigenvalue weighted by molar-refractivity contribution is -0.139. The standard InChI is InChI=1S/C26H23BrN2O7S/c1-5-34-25(31)22-13(2)28-26-29(23(22)14-6-7-17(32-3)18(8-14)33-4)24(30)21(37-26)10-15-9-19-20(11-16(15)27)36-12-35-19/h6-11,23H,5,12H2,1-4H3/b21-10+/t23-/m1/s1. The Morgan fingerprint density at radius 3 is 2.62 bits per heavy atom. The lowest BCUT2D eigenvalue weighted by Gasteiger charge is -2.25. The van der Waals surface area contributed by atoms with Gasteiger partial charge in [-0.3, -0.25) is 9.36 Å². The van der Waals surface area contributed by atoms with Crippen LogP contribution in [0.3, 0.4) is 0 Å². The van der Waals surface area contributed by atoms with Crippen molar-refractivity contribution in [3.05, 3.63) is 76.9 Å². The average Bonchev–Trinajstić information content (AvgIpc) is 3.46. The van der Waals surface area contributed by atoms with Crippen LogP contribution in [0.2, 0.25) is 0 Å². The van der Waals surface area contributed by atoms with E-state index in [1.165, 1.54) is 23.0 Å². The van der Waals surface area contributed by atoms with E-state index in [9.17, 15) is 9.59 Å². The van der Waals surface area contributed by atoms with Crippen molar-refractivity contribution in [1.29, 1.82) is 0 Å². The SMILES string of the molecule is CCOC(=O)C1=C(C)N=c2s/c(=C/c3cc4c(cc3Br)OCO4)c(=O)n2[C@@H]1c1ccc(OC)c(OC)c1. The van der Waals surface area contributed by atoms with E-state index in [4.69, 9.17) is 23.7 Å². The summed E-state index contributed by atoms with van der Waals surface area (Å²) in [6.07, 6.45) is 1.77. The van der Waals surface area contributed by atoms with Crippen molar-refractivity contribution in [1.82, 2.24) is 4.57 Å². The molecule has 11 heteroatoms. The molecular formula is C26H23BrN2O7S. The van der Waals surface area contributed by atoms with Crippen molar-refractivity contribution < 1.29 is 28.5 Å². The molecule has 0 bridgehead atoms. The minimum Gasteiger partial charge on any atom is -0.493 e. The molecule has 0 spiro atoms. The fraction of sp³-hybridized carbons (Fsp3) is 0.269. The molecule has 1 atom stereocenters. The topological polar surface area (TPSA) is 97.6 Å². The molecular weight excluding hydrogens is 564 g/mol. The molecule has 0 aliphatic carbocycles. The summed E-state index contributed by atoms with van der Waals surface area (Å²) in [5.41, 5.74) is 1.89. The molecule has 0 amide bonds. The number of methoxy groups -OCH3 is 2. The third kappa shape index (κ3) is 4.42. The predicted molar refractivity (Wildman–Crippen MR) is 140 cm³/mol. The molecule has 0 saturated heterocycles.